The number of fused-ring (bicyclic) bond motifs is 4. The number of halogens is 3. The maximum Gasteiger partial charge on any atom is 0.319 e. The third-order valence-electron chi connectivity index (χ3n) is 15.3. The standard InChI is InChI=1S/C46H49ClFN9O4S.C14H13FN2O2/c1-25(2)41(45(58)56-16-6-7-26(56)3)57-21-37(53-54-57)29-10-8-28(9-11-29)23-60-42-39(33-14-15-36(48)43-38(33)30(18-49)24-62-43)35(47)17-34-40(42)51-46(61-22-27(4)59-5)52-44(34)55-19-31-12-13-32(20-55)50-31;15-13-7-16-6-5-12(13)10-1-3-11(4-2-10)14(8-18)17-9-19/h8-11,14-15,17,21,24-27,31-32,41,50H,6-7,12-13,16,19-20,22-23H2,1-5H3;1-7,9,14,18H,8H2,(H,17,19)/t26?,27-,31?,32?,41?;/m0./s1. The van der Waals surface area contributed by atoms with E-state index in [-0.39, 0.29) is 55.6 Å². The first-order valence-corrected chi connectivity index (χ1v) is 28.3. The van der Waals surface area contributed by atoms with E-state index < -0.39 is 17.9 Å². The second-order valence-electron chi connectivity index (χ2n) is 21.0. The van der Waals surface area contributed by atoms with Gasteiger partial charge in [-0.3, -0.25) is 14.6 Å². The molecular formula is C60H62ClF2N11O6S. The van der Waals surface area contributed by atoms with Gasteiger partial charge < -0.3 is 39.8 Å². The van der Waals surface area contributed by atoms with E-state index >= 15 is 4.39 Å². The van der Waals surface area contributed by atoms with Gasteiger partial charge in [-0.1, -0.05) is 85.3 Å². The van der Waals surface area contributed by atoms with Crippen molar-refractivity contribution in [1.29, 1.82) is 5.26 Å². The summed E-state index contributed by atoms with van der Waals surface area (Å²) >= 11 is 8.51. The normalized spacial score (nSPS) is 17.9. The van der Waals surface area contributed by atoms with Crippen LogP contribution in [0.15, 0.2) is 96.8 Å². The molecule has 3 saturated heterocycles. The van der Waals surface area contributed by atoms with Crippen LogP contribution in [0.4, 0.5) is 14.6 Å². The molecule has 81 heavy (non-hydrogen) atoms. The number of aliphatic hydroxyl groups is 1. The lowest BCUT2D eigenvalue weighted by Gasteiger charge is -2.34. The largest absolute Gasteiger partial charge is 0.486 e. The molecule has 420 valence electrons. The number of carbonyl (C=O) groups excluding carboxylic acids is 2. The van der Waals surface area contributed by atoms with Crippen LogP contribution in [0.5, 0.6) is 11.8 Å². The third kappa shape index (κ3) is 12.0. The molecule has 0 radical (unpaired) electrons. The van der Waals surface area contributed by atoms with Crippen LogP contribution in [-0.2, 0) is 20.9 Å². The molecule has 6 atom stereocenters. The van der Waals surface area contributed by atoms with Crippen LogP contribution in [0.2, 0.25) is 5.02 Å². The summed E-state index contributed by atoms with van der Waals surface area (Å²) in [4.78, 5) is 42.0. The number of carbonyl (C=O) groups is 2. The molecular weight excluding hydrogens is 1080 g/mol. The summed E-state index contributed by atoms with van der Waals surface area (Å²) in [6.07, 6.45) is 9.02. The maximum absolute atomic E-state index is 15.3. The van der Waals surface area contributed by atoms with Crippen LogP contribution in [0.1, 0.15) is 82.2 Å². The van der Waals surface area contributed by atoms with Gasteiger partial charge in [0.15, 0.2) is 5.75 Å². The molecule has 21 heteroatoms. The number of methoxy groups -OCH3 is 1. The number of hydrogen-bond acceptors (Lipinski definition) is 15. The number of likely N-dealkylation sites (tertiary alicyclic amines) is 1. The number of rotatable bonds is 18. The van der Waals surface area contributed by atoms with Crippen LogP contribution in [0.3, 0.4) is 0 Å². The van der Waals surface area contributed by atoms with Crippen molar-refractivity contribution in [3.05, 3.63) is 130 Å². The van der Waals surface area contributed by atoms with Crippen molar-refractivity contribution in [2.45, 2.75) is 96.3 Å². The summed E-state index contributed by atoms with van der Waals surface area (Å²) in [5.41, 5.74) is 6.10. The van der Waals surface area contributed by atoms with E-state index in [2.05, 4.69) is 43.8 Å². The second-order valence-corrected chi connectivity index (χ2v) is 22.3. The van der Waals surface area contributed by atoms with Crippen molar-refractivity contribution in [2.24, 2.45) is 5.92 Å². The minimum Gasteiger partial charge on any atom is -0.486 e. The highest BCUT2D eigenvalue weighted by atomic mass is 35.5. The molecule has 2 amide bonds. The van der Waals surface area contributed by atoms with Gasteiger partial charge in [0.05, 0.1) is 46.4 Å². The smallest absolute Gasteiger partial charge is 0.319 e. The average Bonchev–Trinajstić information content (AvgIpc) is 4.32. The van der Waals surface area contributed by atoms with Gasteiger partial charge in [-0.15, -0.1) is 16.4 Å². The summed E-state index contributed by atoms with van der Waals surface area (Å²) in [5, 5.41) is 37.6. The number of pyridine rings is 1. The minimum atomic E-state index is -0.452. The molecule has 8 aromatic rings. The first kappa shape index (κ1) is 56.6. The molecule has 2 bridgehead atoms. The predicted molar refractivity (Wildman–Crippen MR) is 307 cm³/mol. The lowest BCUT2D eigenvalue weighted by molar-refractivity contribution is -0.137. The van der Waals surface area contributed by atoms with Crippen molar-refractivity contribution in [1.82, 2.24) is 45.5 Å². The van der Waals surface area contributed by atoms with E-state index in [1.807, 2.05) is 62.2 Å². The molecule has 7 heterocycles. The fraction of sp³-hybridized carbons (Fsp3) is 0.367. The molecule has 3 aliphatic heterocycles. The van der Waals surface area contributed by atoms with Crippen LogP contribution >= 0.6 is 22.9 Å². The Balaban J connectivity index is 0.000000328. The maximum atomic E-state index is 15.3. The van der Waals surface area contributed by atoms with Gasteiger partial charge >= 0.3 is 6.01 Å². The zero-order valence-corrected chi connectivity index (χ0v) is 47.1. The number of ether oxygens (including phenoxy) is 3. The van der Waals surface area contributed by atoms with Gasteiger partial charge in [0, 0.05) is 83.9 Å². The molecule has 4 aromatic carbocycles. The van der Waals surface area contributed by atoms with Crippen molar-refractivity contribution in [3.63, 3.8) is 0 Å². The first-order valence-electron chi connectivity index (χ1n) is 27.0. The average molecular weight is 1140 g/mol. The number of benzene rings is 4. The fourth-order valence-electron chi connectivity index (χ4n) is 11.0. The Morgan fingerprint density at radius 1 is 0.988 bits per heavy atom. The Bertz CT molecular complexity index is 3590. The zero-order chi connectivity index (χ0) is 56.9. The molecule has 3 fully saturated rings. The third-order valence-corrected chi connectivity index (χ3v) is 16.6. The highest BCUT2D eigenvalue weighted by Gasteiger charge is 2.36. The van der Waals surface area contributed by atoms with Crippen LogP contribution < -0.4 is 25.0 Å². The Morgan fingerprint density at radius 2 is 1.74 bits per heavy atom. The van der Waals surface area contributed by atoms with E-state index in [0.717, 1.165) is 68.2 Å². The molecule has 3 N–H and O–H groups in total. The van der Waals surface area contributed by atoms with Crippen LogP contribution in [-0.4, -0.2) is 116 Å². The predicted octanol–water partition coefficient (Wildman–Crippen LogP) is 10.2. The molecule has 17 nitrogen and oxygen atoms in total. The van der Waals surface area contributed by atoms with Gasteiger partial charge in [0.1, 0.15) is 54.0 Å². The number of aromatic nitrogens is 6. The SMILES string of the molecule is CO[C@@H](C)COc1nc(N2CC3CCC(C2)N3)c2cc(Cl)c(-c3ccc(F)c4scc(C#N)c34)c(OCc3ccc(-c4cn(C(C(=O)N5CCCC5C)C(C)C)nn4)cc3)c2n1.O=CNC(CO)c1ccc(-c2ccncc2F)cc1. The van der Waals surface area contributed by atoms with Crippen LogP contribution in [0.25, 0.3) is 54.5 Å². The summed E-state index contributed by atoms with van der Waals surface area (Å²) in [6.45, 7) is 10.5. The summed E-state index contributed by atoms with van der Waals surface area (Å²) in [6, 6.07) is 23.6. The number of nitrogens with one attached hydrogen (secondary N) is 2. The topological polar surface area (TPSA) is 206 Å². The Kier molecular flexibility index (Phi) is 17.5. The Labute approximate surface area is 476 Å². The van der Waals surface area contributed by atoms with Gasteiger partial charge in [-0.05, 0) is 85.9 Å². The van der Waals surface area contributed by atoms with E-state index in [9.17, 15) is 19.2 Å². The van der Waals surface area contributed by atoms with Crippen LogP contribution in [0, 0.1) is 28.9 Å². The Morgan fingerprint density at radius 3 is 2.41 bits per heavy atom. The zero-order valence-electron chi connectivity index (χ0n) is 45.5. The fourth-order valence-corrected chi connectivity index (χ4v) is 12.2. The van der Waals surface area contributed by atoms with Gasteiger partial charge in [0.2, 0.25) is 12.3 Å². The number of thiophene rings is 1. The molecule has 0 saturated carbocycles. The first-order chi connectivity index (χ1) is 39.3. The van der Waals surface area contributed by atoms with E-state index in [4.69, 9.17) is 40.9 Å². The number of hydrogen-bond donors (Lipinski definition) is 3. The van der Waals surface area contributed by atoms with Crippen molar-refractivity contribution >= 4 is 62.1 Å². The van der Waals surface area contributed by atoms with Crippen molar-refractivity contribution in [3.8, 4) is 51.3 Å². The summed E-state index contributed by atoms with van der Waals surface area (Å²) < 4.78 is 49.4. The van der Waals surface area contributed by atoms with Gasteiger partial charge in [0.25, 0.3) is 0 Å². The molecule has 0 aliphatic carbocycles. The molecule has 11 rings (SSSR count). The number of amides is 2. The number of anilines is 1. The lowest BCUT2D eigenvalue weighted by Crippen LogP contribution is -2.51. The van der Waals surface area contributed by atoms with Gasteiger partial charge in [-0.25, -0.2) is 13.5 Å². The number of nitriles is 1. The van der Waals surface area contributed by atoms with E-state index in [0.29, 0.717) is 89.6 Å². The number of piperazine rings is 1. The second kappa shape index (κ2) is 25.0. The Hall–Kier alpha value is -7.67. The quantitative estimate of drug-likeness (QED) is 0.0684. The molecule has 0 spiro atoms. The molecule has 4 aromatic heterocycles. The van der Waals surface area contributed by atoms with Crippen molar-refractivity contribution < 1.29 is 37.7 Å². The molecule has 5 unspecified atom stereocenters. The molecule has 3 aliphatic rings. The summed E-state index contributed by atoms with van der Waals surface area (Å²) in [5.74, 6) is 0.317. The van der Waals surface area contributed by atoms with E-state index in [1.165, 1.54) is 23.6 Å². The highest BCUT2D eigenvalue weighted by molar-refractivity contribution is 7.17. The number of aliphatic hydroxyl groups excluding tert-OH is 1. The van der Waals surface area contributed by atoms with Gasteiger partial charge in [-0.2, -0.15) is 15.2 Å². The van der Waals surface area contributed by atoms with E-state index in [1.54, 1.807) is 53.6 Å². The van der Waals surface area contributed by atoms with Crippen molar-refractivity contribution in [2.75, 3.05) is 44.9 Å². The lowest BCUT2D eigenvalue weighted by atomic mass is 9.96. The number of nitrogens with zero attached hydrogens (tertiary/aromatic N) is 9. The highest BCUT2D eigenvalue weighted by Crippen LogP contribution is 2.49. The summed E-state index contributed by atoms with van der Waals surface area (Å²) in [7, 11) is 1.62. The minimum absolute atomic E-state index is 0.0268. The monoisotopic (exact) mass is 1140 g/mol.